The Balaban J connectivity index is 0.00000192. The minimum Gasteiger partial charge on any atom is -0.343 e. The maximum atomic E-state index is 12.3. The van der Waals surface area contributed by atoms with Gasteiger partial charge in [0.2, 0.25) is 5.91 Å². The summed E-state index contributed by atoms with van der Waals surface area (Å²) in [6, 6.07) is 11.1. The molecular formula is C19H29ClN2O. The number of halogens is 1. The highest BCUT2D eigenvalue weighted by molar-refractivity contribution is 5.85. The zero-order valence-electron chi connectivity index (χ0n) is 13.9. The van der Waals surface area contributed by atoms with Crippen LogP contribution in [0.5, 0.6) is 0 Å². The number of hydrogen-bond donors (Lipinski definition) is 1. The fourth-order valence-electron chi connectivity index (χ4n) is 3.23. The largest absolute Gasteiger partial charge is 0.343 e. The number of aryl methyl sites for hydroxylation is 1. The van der Waals surface area contributed by atoms with Gasteiger partial charge in [-0.25, -0.2) is 0 Å². The van der Waals surface area contributed by atoms with E-state index in [1.807, 2.05) is 6.07 Å². The van der Waals surface area contributed by atoms with E-state index in [1.54, 1.807) is 0 Å². The van der Waals surface area contributed by atoms with E-state index in [9.17, 15) is 4.79 Å². The van der Waals surface area contributed by atoms with Gasteiger partial charge in [-0.15, -0.1) is 12.4 Å². The van der Waals surface area contributed by atoms with Gasteiger partial charge in [-0.2, -0.15) is 0 Å². The maximum absolute atomic E-state index is 12.3. The number of carbonyl (C=O) groups excluding carboxylic acids is 1. The standard InChI is InChI=1S/C19H28N2O.ClH/c22-19(8-4-7-16-5-2-1-3-6-16)21-13-11-18(12-14-21)20-15-17-9-10-17;/h1-3,5-6,17-18,20H,4,7-15H2;1H. The average Bonchev–Trinajstić information content (AvgIpc) is 3.39. The molecule has 1 amide bonds. The zero-order chi connectivity index (χ0) is 15.2. The highest BCUT2D eigenvalue weighted by Gasteiger charge is 2.25. The molecule has 1 N–H and O–H groups in total. The summed E-state index contributed by atoms with van der Waals surface area (Å²) in [5.74, 6) is 1.29. The molecule has 1 aliphatic carbocycles. The molecule has 1 saturated heterocycles. The molecule has 3 rings (SSSR count). The van der Waals surface area contributed by atoms with E-state index >= 15 is 0 Å². The normalized spacial score (nSPS) is 18.5. The van der Waals surface area contributed by atoms with E-state index in [1.165, 1.54) is 24.9 Å². The number of rotatable bonds is 7. The lowest BCUT2D eigenvalue weighted by Gasteiger charge is -2.32. The second kappa shape index (κ2) is 9.29. The Kier molecular flexibility index (Phi) is 7.38. The molecule has 0 bridgehead atoms. The minimum atomic E-state index is 0. The van der Waals surface area contributed by atoms with Crippen LogP contribution in [-0.2, 0) is 11.2 Å². The SMILES string of the molecule is Cl.O=C(CCCc1ccccc1)N1CCC(NCC2CC2)CC1. The van der Waals surface area contributed by atoms with Crippen LogP contribution >= 0.6 is 12.4 Å². The minimum absolute atomic E-state index is 0. The first-order valence-electron chi connectivity index (χ1n) is 8.86. The number of carbonyl (C=O) groups is 1. The summed E-state index contributed by atoms with van der Waals surface area (Å²) < 4.78 is 0. The van der Waals surface area contributed by atoms with Crippen LogP contribution in [0, 0.1) is 5.92 Å². The number of piperidine rings is 1. The number of nitrogens with one attached hydrogen (secondary N) is 1. The molecule has 0 atom stereocenters. The van der Waals surface area contributed by atoms with Gasteiger partial charge in [0.15, 0.2) is 0 Å². The predicted molar refractivity (Wildman–Crippen MR) is 97.0 cm³/mol. The molecule has 2 fully saturated rings. The first kappa shape index (κ1) is 18.3. The zero-order valence-corrected chi connectivity index (χ0v) is 14.7. The number of likely N-dealkylation sites (tertiary alicyclic amines) is 1. The third-order valence-corrected chi connectivity index (χ3v) is 4.94. The summed E-state index contributed by atoms with van der Waals surface area (Å²) in [6.45, 7) is 3.06. The number of benzene rings is 1. The molecule has 23 heavy (non-hydrogen) atoms. The van der Waals surface area contributed by atoms with Gasteiger partial charge in [-0.05, 0) is 56.6 Å². The lowest BCUT2D eigenvalue weighted by Crippen LogP contribution is -2.45. The summed E-state index contributed by atoms with van der Waals surface area (Å²) in [5, 5.41) is 3.67. The predicted octanol–water partition coefficient (Wildman–Crippen LogP) is 3.42. The van der Waals surface area contributed by atoms with Gasteiger partial charge in [-0.1, -0.05) is 30.3 Å². The smallest absolute Gasteiger partial charge is 0.222 e. The van der Waals surface area contributed by atoms with Crippen LogP contribution < -0.4 is 5.32 Å². The lowest BCUT2D eigenvalue weighted by molar-refractivity contribution is -0.132. The molecule has 1 aliphatic heterocycles. The van der Waals surface area contributed by atoms with Crippen LogP contribution in [0.15, 0.2) is 30.3 Å². The molecule has 0 spiro atoms. The van der Waals surface area contributed by atoms with Gasteiger partial charge in [0, 0.05) is 25.6 Å². The first-order valence-corrected chi connectivity index (χ1v) is 8.86. The second-order valence-corrected chi connectivity index (χ2v) is 6.85. The molecular weight excluding hydrogens is 308 g/mol. The molecule has 3 nitrogen and oxygen atoms in total. The summed E-state index contributed by atoms with van der Waals surface area (Å²) >= 11 is 0. The molecule has 1 aromatic rings. The molecule has 1 saturated carbocycles. The first-order chi connectivity index (χ1) is 10.8. The quantitative estimate of drug-likeness (QED) is 0.827. The van der Waals surface area contributed by atoms with Crippen molar-refractivity contribution in [3.8, 4) is 0 Å². The Labute approximate surface area is 146 Å². The lowest BCUT2D eigenvalue weighted by atomic mass is 10.0. The van der Waals surface area contributed by atoms with E-state index in [-0.39, 0.29) is 12.4 Å². The molecule has 0 unspecified atom stereocenters. The Morgan fingerprint density at radius 3 is 2.43 bits per heavy atom. The molecule has 0 aromatic heterocycles. The van der Waals surface area contributed by atoms with Crippen LogP contribution in [0.3, 0.4) is 0 Å². The van der Waals surface area contributed by atoms with Gasteiger partial charge in [0.25, 0.3) is 0 Å². The van der Waals surface area contributed by atoms with Crippen LogP contribution in [-0.4, -0.2) is 36.5 Å². The average molecular weight is 337 g/mol. The van der Waals surface area contributed by atoms with Gasteiger partial charge >= 0.3 is 0 Å². The third kappa shape index (κ3) is 6.15. The van der Waals surface area contributed by atoms with Crippen LogP contribution in [0.25, 0.3) is 0 Å². The Morgan fingerprint density at radius 1 is 1.09 bits per heavy atom. The van der Waals surface area contributed by atoms with Crippen molar-refractivity contribution in [2.24, 2.45) is 5.92 Å². The van der Waals surface area contributed by atoms with Crippen molar-refractivity contribution >= 4 is 18.3 Å². The van der Waals surface area contributed by atoms with Crippen molar-refractivity contribution in [3.05, 3.63) is 35.9 Å². The number of hydrogen-bond acceptors (Lipinski definition) is 2. The third-order valence-electron chi connectivity index (χ3n) is 4.94. The van der Waals surface area contributed by atoms with Crippen molar-refractivity contribution < 1.29 is 4.79 Å². The number of nitrogens with zero attached hydrogens (tertiary/aromatic N) is 1. The molecule has 4 heteroatoms. The van der Waals surface area contributed by atoms with Crippen LogP contribution in [0.2, 0.25) is 0 Å². The van der Waals surface area contributed by atoms with Gasteiger partial charge in [0.05, 0.1) is 0 Å². The summed E-state index contributed by atoms with van der Waals surface area (Å²) in [6.07, 6.45) is 7.72. The van der Waals surface area contributed by atoms with Crippen LogP contribution in [0.4, 0.5) is 0 Å². The fraction of sp³-hybridized carbons (Fsp3) is 0.632. The van der Waals surface area contributed by atoms with Crippen molar-refractivity contribution in [1.82, 2.24) is 10.2 Å². The van der Waals surface area contributed by atoms with Crippen LogP contribution in [0.1, 0.15) is 44.1 Å². The monoisotopic (exact) mass is 336 g/mol. The summed E-state index contributed by atoms with van der Waals surface area (Å²) in [5.41, 5.74) is 1.33. The van der Waals surface area contributed by atoms with Crippen molar-refractivity contribution in [1.29, 1.82) is 0 Å². The van der Waals surface area contributed by atoms with Crippen molar-refractivity contribution in [2.75, 3.05) is 19.6 Å². The van der Waals surface area contributed by atoms with E-state index in [4.69, 9.17) is 0 Å². The topological polar surface area (TPSA) is 32.3 Å². The maximum Gasteiger partial charge on any atom is 0.222 e. The van der Waals surface area contributed by atoms with Gasteiger partial charge in [0.1, 0.15) is 0 Å². The van der Waals surface area contributed by atoms with E-state index in [0.717, 1.165) is 44.7 Å². The fourth-order valence-corrected chi connectivity index (χ4v) is 3.23. The molecule has 2 aliphatic rings. The van der Waals surface area contributed by atoms with E-state index in [0.29, 0.717) is 18.4 Å². The Morgan fingerprint density at radius 2 is 1.78 bits per heavy atom. The summed E-state index contributed by atoms with van der Waals surface area (Å²) in [7, 11) is 0. The highest BCUT2D eigenvalue weighted by atomic mass is 35.5. The van der Waals surface area contributed by atoms with Gasteiger partial charge in [-0.3, -0.25) is 4.79 Å². The molecule has 128 valence electrons. The Bertz CT molecular complexity index is 468. The molecule has 0 radical (unpaired) electrons. The van der Waals surface area contributed by atoms with Crippen molar-refractivity contribution in [3.63, 3.8) is 0 Å². The summed E-state index contributed by atoms with van der Waals surface area (Å²) in [4.78, 5) is 14.3. The molecule has 1 heterocycles. The van der Waals surface area contributed by atoms with E-state index in [2.05, 4.69) is 34.5 Å². The van der Waals surface area contributed by atoms with Gasteiger partial charge < -0.3 is 10.2 Å². The van der Waals surface area contributed by atoms with E-state index < -0.39 is 0 Å². The number of amides is 1. The van der Waals surface area contributed by atoms with Crippen molar-refractivity contribution in [2.45, 2.75) is 51.0 Å². The highest BCUT2D eigenvalue weighted by Crippen LogP contribution is 2.28. The second-order valence-electron chi connectivity index (χ2n) is 6.85. The Hall–Kier alpha value is -1.06. The molecule has 1 aromatic carbocycles.